The molecule has 3 N–H and O–H groups in total. The molecule has 2 amide bonds. The first-order valence-corrected chi connectivity index (χ1v) is 6.32. The molecule has 1 aromatic rings. The largest absolute Gasteiger partial charge is 0.481 e. The van der Waals surface area contributed by atoms with Gasteiger partial charge in [-0.05, 0) is 25.3 Å². The van der Waals surface area contributed by atoms with E-state index in [1.165, 1.54) is 0 Å². The predicted octanol–water partition coefficient (Wildman–Crippen LogP) is 1.66. The number of nitrogens with one attached hydrogen (secondary N) is 2. The molecule has 19 heavy (non-hydrogen) atoms. The van der Waals surface area contributed by atoms with Crippen LogP contribution in [0, 0.1) is 12.3 Å². The number of amides is 2. The van der Waals surface area contributed by atoms with E-state index in [0.717, 1.165) is 11.1 Å². The number of carbonyl (C=O) groups is 2. The molecule has 0 aliphatic heterocycles. The summed E-state index contributed by atoms with van der Waals surface area (Å²) in [7, 11) is 0. The maximum absolute atomic E-state index is 11.6. The van der Waals surface area contributed by atoms with Gasteiger partial charge < -0.3 is 15.7 Å². The molecular formula is C14H18N2O3. The number of carbonyl (C=O) groups excluding carboxylic acids is 1. The van der Waals surface area contributed by atoms with Gasteiger partial charge in [-0.1, -0.05) is 29.8 Å². The minimum atomic E-state index is -0.827. The average molecular weight is 262 g/mol. The SMILES string of the molecule is Cc1cccc(CNC(=O)NCC2(C(=O)O)CC2)c1. The monoisotopic (exact) mass is 262 g/mol. The van der Waals surface area contributed by atoms with Gasteiger partial charge >= 0.3 is 12.0 Å². The molecule has 0 unspecified atom stereocenters. The van der Waals surface area contributed by atoms with Crippen LogP contribution in [0.2, 0.25) is 0 Å². The summed E-state index contributed by atoms with van der Waals surface area (Å²) in [5.41, 5.74) is 1.44. The van der Waals surface area contributed by atoms with E-state index >= 15 is 0 Å². The van der Waals surface area contributed by atoms with Gasteiger partial charge in [-0.3, -0.25) is 4.79 Å². The molecule has 0 spiro atoms. The Morgan fingerprint density at radius 3 is 2.63 bits per heavy atom. The zero-order valence-electron chi connectivity index (χ0n) is 10.9. The first-order chi connectivity index (χ1) is 9.02. The van der Waals surface area contributed by atoms with Crippen LogP contribution in [0.5, 0.6) is 0 Å². The van der Waals surface area contributed by atoms with Crippen LogP contribution in [-0.2, 0) is 11.3 Å². The standard InChI is InChI=1S/C14H18N2O3/c1-10-3-2-4-11(7-10)8-15-13(19)16-9-14(5-6-14)12(17)18/h2-4,7H,5-6,8-9H2,1H3,(H,17,18)(H2,15,16,19). The molecule has 1 aromatic carbocycles. The lowest BCUT2D eigenvalue weighted by atomic mass is 10.1. The third kappa shape index (κ3) is 3.47. The third-order valence-electron chi connectivity index (χ3n) is 3.43. The third-order valence-corrected chi connectivity index (χ3v) is 3.43. The molecule has 0 atom stereocenters. The summed E-state index contributed by atoms with van der Waals surface area (Å²) >= 11 is 0. The van der Waals surface area contributed by atoms with E-state index in [0.29, 0.717) is 19.4 Å². The van der Waals surface area contributed by atoms with Gasteiger partial charge in [0.2, 0.25) is 0 Å². The van der Waals surface area contributed by atoms with Crippen molar-refractivity contribution >= 4 is 12.0 Å². The minimum Gasteiger partial charge on any atom is -0.481 e. The van der Waals surface area contributed by atoms with Crippen LogP contribution in [0.25, 0.3) is 0 Å². The van der Waals surface area contributed by atoms with Crippen LogP contribution >= 0.6 is 0 Å². The second kappa shape index (κ2) is 5.30. The minimum absolute atomic E-state index is 0.196. The van der Waals surface area contributed by atoms with E-state index in [9.17, 15) is 9.59 Å². The summed E-state index contributed by atoms with van der Waals surface area (Å²) in [5, 5.41) is 14.3. The van der Waals surface area contributed by atoms with E-state index < -0.39 is 11.4 Å². The highest BCUT2D eigenvalue weighted by molar-refractivity contribution is 5.80. The van der Waals surface area contributed by atoms with Gasteiger partial charge in [-0.25, -0.2) is 4.79 Å². The zero-order chi connectivity index (χ0) is 13.9. The predicted molar refractivity (Wildman–Crippen MR) is 70.7 cm³/mol. The van der Waals surface area contributed by atoms with Gasteiger partial charge in [0.15, 0.2) is 0 Å². The fraction of sp³-hybridized carbons (Fsp3) is 0.429. The Balaban J connectivity index is 1.75. The number of aliphatic carboxylic acids is 1. The second-order valence-electron chi connectivity index (χ2n) is 5.11. The van der Waals surface area contributed by atoms with Crippen LogP contribution in [0.4, 0.5) is 4.79 Å². The lowest BCUT2D eigenvalue weighted by molar-refractivity contribution is -0.143. The number of rotatable bonds is 5. The summed E-state index contributed by atoms with van der Waals surface area (Å²) in [6.07, 6.45) is 1.28. The lowest BCUT2D eigenvalue weighted by Crippen LogP contribution is -2.40. The number of benzene rings is 1. The fourth-order valence-corrected chi connectivity index (χ4v) is 1.93. The summed E-state index contributed by atoms with van der Waals surface area (Å²) in [6.45, 7) is 2.63. The molecule has 1 aliphatic carbocycles. The van der Waals surface area contributed by atoms with Crippen LogP contribution in [-0.4, -0.2) is 23.7 Å². The molecule has 0 saturated heterocycles. The summed E-state index contributed by atoms with van der Waals surface area (Å²) in [4.78, 5) is 22.5. The molecule has 5 nitrogen and oxygen atoms in total. The number of aryl methyl sites for hydroxylation is 1. The Bertz CT molecular complexity index is 495. The average Bonchev–Trinajstić information content (AvgIpc) is 3.15. The van der Waals surface area contributed by atoms with Crippen molar-refractivity contribution in [3.8, 4) is 0 Å². The van der Waals surface area contributed by atoms with Gasteiger partial charge in [-0.15, -0.1) is 0 Å². The van der Waals surface area contributed by atoms with Crippen molar-refractivity contribution in [3.63, 3.8) is 0 Å². The van der Waals surface area contributed by atoms with E-state index in [4.69, 9.17) is 5.11 Å². The van der Waals surface area contributed by atoms with Gasteiger partial charge in [0.1, 0.15) is 0 Å². The van der Waals surface area contributed by atoms with Crippen LogP contribution in [0.1, 0.15) is 24.0 Å². The first-order valence-electron chi connectivity index (χ1n) is 6.32. The van der Waals surface area contributed by atoms with Crippen molar-refractivity contribution in [3.05, 3.63) is 35.4 Å². The van der Waals surface area contributed by atoms with Crippen LogP contribution in [0.15, 0.2) is 24.3 Å². The Morgan fingerprint density at radius 2 is 2.05 bits per heavy atom. The Morgan fingerprint density at radius 1 is 1.32 bits per heavy atom. The highest BCUT2D eigenvalue weighted by Gasteiger charge is 2.50. The van der Waals surface area contributed by atoms with Crippen LogP contribution in [0.3, 0.4) is 0 Å². The van der Waals surface area contributed by atoms with Crippen molar-refractivity contribution < 1.29 is 14.7 Å². The maximum atomic E-state index is 11.6. The molecule has 0 heterocycles. The van der Waals surface area contributed by atoms with E-state index in [2.05, 4.69) is 10.6 Å². The van der Waals surface area contributed by atoms with E-state index in [1.54, 1.807) is 0 Å². The van der Waals surface area contributed by atoms with Gasteiger partial charge in [0.25, 0.3) is 0 Å². The molecule has 0 aromatic heterocycles. The van der Waals surface area contributed by atoms with E-state index in [1.807, 2.05) is 31.2 Å². The van der Waals surface area contributed by atoms with Crippen molar-refractivity contribution in [2.24, 2.45) is 5.41 Å². The van der Waals surface area contributed by atoms with E-state index in [-0.39, 0.29) is 12.6 Å². The molecular weight excluding hydrogens is 244 g/mol. The fourth-order valence-electron chi connectivity index (χ4n) is 1.93. The van der Waals surface area contributed by atoms with Crippen molar-refractivity contribution in [2.75, 3.05) is 6.54 Å². The molecule has 1 saturated carbocycles. The second-order valence-corrected chi connectivity index (χ2v) is 5.11. The van der Waals surface area contributed by atoms with Gasteiger partial charge in [0, 0.05) is 13.1 Å². The van der Waals surface area contributed by atoms with Crippen molar-refractivity contribution in [2.45, 2.75) is 26.3 Å². The topological polar surface area (TPSA) is 78.4 Å². The number of hydrogen-bond donors (Lipinski definition) is 3. The number of carboxylic acid groups (broad SMARTS) is 1. The molecule has 102 valence electrons. The van der Waals surface area contributed by atoms with Crippen LogP contribution < -0.4 is 10.6 Å². The van der Waals surface area contributed by atoms with Crippen molar-refractivity contribution in [1.29, 1.82) is 0 Å². The molecule has 5 heteroatoms. The number of carboxylic acids is 1. The Kier molecular flexibility index (Phi) is 3.74. The maximum Gasteiger partial charge on any atom is 0.315 e. The quantitative estimate of drug-likeness (QED) is 0.755. The Hall–Kier alpha value is -2.04. The van der Waals surface area contributed by atoms with Crippen molar-refractivity contribution in [1.82, 2.24) is 10.6 Å². The molecule has 1 fully saturated rings. The summed E-state index contributed by atoms with van der Waals surface area (Å²) in [5.74, 6) is -0.827. The summed E-state index contributed by atoms with van der Waals surface area (Å²) in [6, 6.07) is 7.54. The highest BCUT2D eigenvalue weighted by atomic mass is 16.4. The molecule has 0 bridgehead atoms. The van der Waals surface area contributed by atoms with Gasteiger partial charge in [-0.2, -0.15) is 0 Å². The highest BCUT2D eigenvalue weighted by Crippen LogP contribution is 2.45. The molecule has 2 rings (SSSR count). The molecule has 0 radical (unpaired) electrons. The first kappa shape index (κ1) is 13.4. The normalized spacial score (nSPS) is 15.6. The lowest BCUT2D eigenvalue weighted by Gasteiger charge is -2.12. The molecule has 1 aliphatic rings. The number of hydrogen-bond acceptors (Lipinski definition) is 2. The Labute approximate surface area is 112 Å². The number of urea groups is 1. The van der Waals surface area contributed by atoms with Gasteiger partial charge in [0.05, 0.1) is 5.41 Å². The smallest absolute Gasteiger partial charge is 0.315 e. The zero-order valence-corrected chi connectivity index (χ0v) is 10.9. The summed E-state index contributed by atoms with van der Waals surface area (Å²) < 4.78 is 0.